The van der Waals surface area contributed by atoms with E-state index in [-0.39, 0.29) is 35.2 Å². The van der Waals surface area contributed by atoms with Crippen LogP contribution in [-0.2, 0) is 18.4 Å². The number of aromatic nitrogens is 1. The summed E-state index contributed by atoms with van der Waals surface area (Å²) in [7, 11) is 0. The Morgan fingerprint density at radius 1 is 1.27 bits per heavy atom. The molecule has 0 radical (unpaired) electrons. The molecule has 1 aromatic carbocycles. The van der Waals surface area contributed by atoms with Gasteiger partial charge in [0, 0.05) is 23.9 Å². The minimum Gasteiger partial charge on any atom is -0.357 e. The summed E-state index contributed by atoms with van der Waals surface area (Å²) in [5, 5.41) is 9.71. The van der Waals surface area contributed by atoms with Gasteiger partial charge >= 0.3 is 0 Å². The first kappa shape index (κ1) is 22.8. The van der Waals surface area contributed by atoms with Crippen molar-refractivity contribution in [2.75, 3.05) is 13.1 Å². The van der Waals surface area contributed by atoms with Gasteiger partial charge in [0.2, 0.25) is 0 Å². The summed E-state index contributed by atoms with van der Waals surface area (Å²) >= 11 is 1.68. The lowest BCUT2D eigenvalue weighted by Crippen LogP contribution is -2.38. The van der Waals surface area contributed by atoms with Crippen molar-refractivity contribution >= 4 is 41.3 Å². The summed E-state index contributed by atoms with van der Waals surface area (Å²) in [4.78, 5) is 9.26. The molecule has 1 aromatic heterocycles. The van der Waals surface area contributed by atoms with Crippen LogP contribution in [0.25, 0.3) is 0 Å². The van der Waals surface area contributed by atoms with Crippen molar-refractivity contribution in [3.05, 3.63) is 51.7 Å². The van der Waals surface area contributed by atoms with E-state index in [1.54, 1.807) is 23.5 Å². The van der Waals surface area contributed by atoms with E-state index in [4.69, 9.17) is 0 Å². The predicted molar refractivity (Wildman–Crippen MR) is 119 cm³/mol. The molecule has 0 aliphatic carbocycles. The maximum absolute atomic E-state index is 13.2. The molecule has 7 heteroatoms. The van der Waals surface area contributed by atoms with Crippen molar-refractivity contribution in [1.82, 2.24) is 15.6 Å². The quantitative estimate of drug-likeness (QED) is 0.356. The Bertz CT molecular complexity index is 710. The van der Waals surface area contributed by atoms with Crippen molar-refractivity contribution < 1.29 is 4.39 Å². The van der Waals surface area contributed by atoms with E-state index in [9.17, 15) is 4.39 Å². The van der Waals surface area contributed by atoms with Crippen molar-refractivity contribution in [3.63, 3.8) is 0 Å². The number of halogens is 2. The van der Waals surface area contributed by atoms with Crippen LogP contribution in [0.4, 0.5) is 4.39 Å². The molecule has 2 aromatic rings. The first-order valence-electron chi connectivity index (χ1n) is 8.60. The van der Waals surface area contributed by atoms with Gasteiger partial charge in [-0.1, -0.05) is 32.9 Å². The van der Waals surface area contributed by atoms with Gasteiger partial charge in [-0.3, -0.25) is 0 Å². The molecule has 0 bridgehead atoms. The Hall–Kier alpha value is -1.22. The summed E-state index contributed by atoms with van der Waals surface area (Å²) in [5.41, 5.74) is 2.02. The zero-order valence-electron chi connectivity index (χ0n) is 15.8. The van der Waals surface area contributed by atoms with Crippen LogP contribution in [0.1, 0.15) is 44.0 Å². The van der Waals surface area contributed by atoms with Crippen molar-refractivity contribution in [2.24, 2.45) is 4.99 Å². The van der Waals surface area contributed by atoms with E-state index < -0.39 is 0 Å². The maximum Gasteiger partial charge on any atom is 0.191 e. The number of rotatable bonds is 6. The van der Waals surface area contributed by atoms with Crippen molar-refractivity contribution in [2.45, 2.75) is 46.1 Å². The van der Waals surface area contributed by atoms with E-state index in [0.717, 1.165) is 35.2 Å². The van der Waals surface area contributed by atoms with Gasteiger partial charge in [-0.05, 0) is 31.0 Å². The third-order valence-corrected chi connectivity index (χ3v) is 4.85. The monoisotopic (exact) mass is 490 g/mol. The average Bonchev–Trinajstić information content (AvgIpc) is 3.02. The van der Waals surface area contributed by atoms with Gasteiger partial charge in [-0.2, -0.15) is 0 Å². The van der Waals surface area contributed by atoms with Gasteiger partial charge < -0.3 is 10.6 Å². The molecule has 0 aliphatic heterocycles. The topological polar surface area (TPSA) is 49.3 Å². The Kier molecular flexibility index (Phi) is 9.49. The molecule has 0 amide bonds. The number of aliphatic imine (C=N–C) groups is 1. The van der Waals surface area contributed by atoms with Crippen LogP contribution in [0, 0.1) is 5.82 Å². The fraction of sp³-hybridized carbons (Fsp3) is 0.474. The van der Waals surface area contributed by atoms with Gasteiger partial charge in [0.1, 0.15) is 5.82 Å². The predicted octanol–water partition coefficient (Wildman–Crippen LogP) is 4.50. The molecule has 0 spiro atoms. The number of hydrogen-bond donors (Lipinski definition) is 2. The number of guanidine groups is 1. The highest BCUT2D eigenvalue weighted by Crippen LogP contribution is 2.25. The van der Waals surface area contributed by atoms with Gasteiger partial charge in [-0.25, -0.2) is 14.4 Å². The molecule has 0 fully saturated rings. The Labute approximate surface area is 176 Å². The molecule has 0 aliphatic rings. The van der Waals surface area contributed by atoms with Crippen LogP contribution in [0.15, 0.2) is 34.6 Å². The van der Waals surface area contributed by atoms with Crippen LogP contribution in [-0.4, -0.2) is 24.0 Å². The minimum absolute atomic E-state index is 0. The fourth-order valence-corrected chi connectivity index (χ4v) is 3.14. The highest BCUT2D eigenvalue weighted by atomic mass is 127. The van der Waals surface area contributed by atoms with Gasteiger partial charge in [0.05, 0.1) is 17.2 Å². The van der Waals surface area contributed by atoms with Crippen LogP contribution in [0.5, 0.6) is 0 Å². The molecule has 144 valence electrons. The molecule has 0 unspecified atom stereocenters. The molecule has 0 saturated carbocycles. The summed E-state index contributed by atoms with van der Waals surface area (Å²) in [6.07, 6.45) is 0.743. The van der Waals surface area contributed by atoms with Gasteiger partial charge in [-0.15, -0.1) is 35.3 Å². The number of hydrogen-bond acceptors (Lipinski definition) is 3. The van der Waals surface area contributed by atoms with E-state index in [2.05, 4.69) is 46.8 Å². The van der Waals surface area contributed by atoms with E-state index in [1.807, 2.05) is 13.0 Å². The third kappa shape index (κ3) is 7.57. The maximum atomic E-state index is 13.2. The molecular formula is C19H28FIN4S. The Morgan fingerprint density at radius 3 is 2.65 bits per heavy atom. The normalized spacial score (nSPS) is 11.8. The summed E-state index contributed by atoms with van der Waals surface area (Å²) in [5.74, 6) is 0.556. The van der Waals surface area contributed by atoms with Crippen LogP contribution >= 0.6 is 35.3 Å². The van der Waals surface area contributed by atoms with Gasteiger partial charge in [0.25, 0.3) is 0 Å². The number of benzene rings is 1. The molecule has 4 nitrogen and oxygen atoms in total. The average molecular weight is 490 g/mol. The van der Waals surface area contributed by atoms with Crippen LogP contribution < -0.4 is 10.6 Å². The Balaban J connectivity index is 0.00000338. The molecular weight excluding hydrogens is 462 g/mol. The van der Waals surface area contributed by atoms with E-state index >= 15 is 0 Å². The lowest BCUT2D eigenvalue weighted by Gasteiger charge is -2.13. The minimum atomic E-state index is -0.198. The third-order valence-electron chi connectivity index (χ3n) is 3.53. The first-order chi connectivity index (χ1) is 11.9. The molecule has 2 N–H and O–H groups in total. The van der Waals surface area contributed by atoms with Crippen LogP contribution in [0.3, 0.4) is 0 Å². The Morgan fingerprint density at radius 2 is 2.04 bits per heavy atom. The second-order valence-corrected chi connectivity index (χ2v) is 7.75. The SMILES string of the molecule is CCNC(=NCc1csc(C(C)(C)C)n1)NCCc1cccc(F)c1.I. The molecule has 0 saturated heterocycles. The zero-order valence-corrected chi connectivity index (χ0v) is 19.0. The summed E-state index contributed by atoms with van der Waals surface area (Å²) in [6.45, 7) is 10.5. The summed E-state index contributed by atoms with van der Waals surface area (Å²) in [6, 6.07) is 6.69. The fourth-order valence-electron chi connectivity index (χ4n) is 2.24. The highest BCUT2D eigenvalue weighted by molar-refractivity contribution is 14.0. The summed E-state index contributed by atoms with van der Waals surface area (Å²) < 4.78 is 13.2. The lowest BCUT2D eigenvalue weighted by molar-refractivity contribution is 0.583. The number of nitrogens with zero attached hydrogens (tertiary/aromatic N) is 2. The number of thiazole rings is 1. The second kappa shape index (κ2) is 10.8. The second-order valence-electron chi connectivity index (χ2n) is 6.90. The first-order valence-corrected chi connectivity index (χ1v) is 9.48. The van der Waals surface area contributed by atoms with E-state index in [1.165, 1.54) is 6.07 Å². The molecule has 1 heterocycles. The highest BCUT2D eigenvalue weighted by Gasteiger charge is 2.17. The zero-order chi connectivity index (χ0) is 18.3. The van der Waals surface area contributed by atoms with E-state index in [0.29, 0.717) is 13.1 Å². The smallest absolute Gasteiger partial charge is 0.191 e. The van der Waals surface area contributed by atoms with Crippen molar-refractivity contribution in [1.29, 1.82) is 0 Å². The molecule has 2 rings (SSSR count). The standard InChI is InChI=1S/C19H27FN4S.HI/c1-5-21-18(22-10-9-14-7-6-8-15(20)11-14)23-12-16-13-25-17(24-16)19(2,3)4;/h6-8,11,13H,5,9-10,12H2,1-4H3,(H2,21,22,23);1H. The molecule has 0 atom stereocenters. The molecule has 26 heavy (non-hydrogen) atoms. The van der Waals surface area contributed by atoms with Gasteiger partial charge in [0.15, 0.2) is 5.96 Å². The number of nitrogens with one attached hydrogen (secondary N) is 2. The largest absolute Gasteiger partial charge is 0.357 e. The van der Waals surface area contributed by atoms with Crippen molar-refractivity contribution in [3.8, 4) is 0 Å². The lowest BCUT2D eigenvalue weighted by atomic mass is 9.98. The van der Waals surface area contributed by atoms with Crippen LogP contribution in [0.2, 0.25) is 0 Å².